The Morgan fingerprint density at radius 1 is 1.27 bits per heavy atom. The summed E-state index contributed by atoms with van der Waals surface area (Å²) in [5.41, 5.74) is 0.634. The van der Waals surface area contributed by atoms with Crippen molar-refractivity contribution in [3.8, 4) is 0 Å². The maximum absolute atomic E-state index is 3.33. The lowest BCUT2D eigenvalue weighted by molar-refractivity contribution is 0.194. The second kappa shape index (κ2) is 3.57. The minimum atomic E-state index is 0.634. The second-order valence-corrected chi connectivity index (χ2v) is 4.25. The standard InChI is InChI=1S/C10H21N/c1-9(2)10(8-11-3)6-4-5-7-10/h9,11H,4-8H2,1-3H3. The van der Waals surface area contributed by atoms with Crippen molar-refractivity contribution in [1.82, 2.24) is 5.32 Å². The van der Waals surface area contributed by atoms with E-state index in [1.165, 1.54) is 32.2 Å². The van der Waals surface area contributed by atoms with Crippen molar-refractivity contribution in [2.24, 2.45) is 11.3 Å². The molecule has 0 unspecified atom stereocenters. The van der Waals surface area contributed by atoms with Crippen molar-refractivity contribution in [2.45, 2.75) is 39.5 Å². The van der Waals surface area contributed by atoms with E-state index >= 15 is 0 Å². The van der Waals surface area contributed by atoms with Gasteiger partial charge in [-0.3, -0.25) is 0 Å². The molecule has 0 aromatic rings. The van der Waals surface area contributed by atoms with E-state index < -0.39 is 0 Å². The summed E-state index contributed by atoms with van der Waals surface area (Å²) in [5, 5.41) is 3.33. The molecular formula is C10H21N. The van der Waals surface area contributed by atoms with Gasteiger partial charge in [-0.25, -0.2) is 0 Å². The maximum atomic E-state index is 3.33. The number of rotatable bonds is 3. The summed E-state index contributed by atoms with van der Waals surface area (Å²) >= 11 is 0. The van der Waals surface area contributed by atoms with Crippen LogP contribution in [0.1, 0.15) is 39.5 Å². The molecule has 1 N–H and O–H groups in total. The summed E-state index contributed by atoms with van der Waals surface area (Å²) in [6.45, 7) is 5.94. The monoisotopic (exact) mass is 155 g/mol. The zero-order valence-electron chi connectivity index (χ0n) is 8.11. The lowest BCUT2D eigenvalue weighted by atomic mass is 9.76. The highest BCUT2D eigenvalue weighted by molar-refractivity contribution is 4.88. The van der Waals surface area contributed by atoms with Gasteiger partial charge in [0.1, 0.15) is 0 Å². The summed E-state index contributed by atoms with van der Waals surface area (Å²) in [4.78, 5) is 0. The molecule has 1 aliphatic carbocycles. The Morgan fingerprint density at radius 3 is 2.18 bits per heavy atom. The van der Waals surface area contributed by atoms with Crippen LogP contribution in [0.5, 0.6) is 0 Å². The molecule has 1 saturated carbocycles. The molecule has 0 radical (unpaired) electrons. The number of hydrogen-bond donors (Lipinski definition) is 1. The van der Waals surface area contributed by atoms with Crippen LogP contribution in [-0.4, -0.2) is 13.6 Å². The molecule has 0 amide bonds. The molecule has 0 bridgehead atoms. The van der Waals surface area contributed by atoms with Crippen molar-refractivity contribution in [1.29, 1.82) is 0 Å². The predicted molar refractivity (Wildman–Crippen MR) is 49.7 cm³/mol. The Labute approximate surface area is 70.6 Å². The zero-order chi connectivity index (χ0) is 8.32. The molecule has 1 fully saturated rings. The van der Waals surface area contributed by atoms with E-state index in [4.69, 9.17) is 0 Å². The third-order valence-electron chi connectivity index (χ3n) is 3.35. The molecule has 1 nitrogen and oxygen atoms in total. The van der Waals surface area contributed by atoms with Gasteiger partial charge in [0.25, 0.3) is 0 Å². The van der Waals surface area contributed by atoms with E-state index in [0.717, 1.165) is 5.92 Å². The average molecular weight is 155 g/mol. The molecular weight excluding hydrogens is 134 g/mol. The first-order valence-corrected chi connectivity index (χ1v) is 4.86. The van der Waals surface area contributed by atoms with Gasteiger partial charge in [0.2, 0.25) is 0 Å². The van der Waals surface area contributed by atoms with E-state index in [2.05, 4.69) is 26.2 Å². The number of nitrogens with one attached hydrogen (secondary N) is 1. The van der Waals surface area contributed by atoms with Crippen LogP contribution in [0.2, 0.25) is 0 Å². The van der Waals surface area contributed by atoms with Crippen LogP contribution >= 0.6 is 0 Å². The third-order valence-corrected chi connectivity index (χ3v) is 3.35. The largest absolute Gasteiger partial charge is 0.319 e. The van der Waals surface area contributed by atoms with Crippen LogP contribution in [-0.2, 0) is 0 Å². The highest BCUT2D eigenvalue weighted by atomic mass is 14.8. The highest BCUT2D eigenvalue weighted by Gasteiger charge is 2.35. The SMILES string of the molecule is CNCC1(C(C)C)CCCC1. The van der Waals surface area contributed by atoms with Crippen molar-refractivity contribution in [2.75, 3.05) is 13.6 Å². The zero-order valence-corrected chi connectivity index (χ0v) is 8.11. The first-order valence-electron chi connectivity index (χ1n) is 4.86. The van der Waals surface area contributed by atoms with Crippen LogP contribution in [0.3, 0.4) is 0 Å². The van der Waals surface area contributed by atoms with Crippen molar-refractivity contribution >= 4 is 0 Å². The second-order valence-electron chi connectivity index (χ2n) is 4.25. The van der Waals surface area contributed by atoms with Crippen molar-refractivity contribution in [3.63, 3.8) is 0 Å². The van der Waals surface area contributed by atoms with E-state index in [1.807, 2.05) is 0 Å². The Morgan fingerprint density at radius 2 is 1.82 bits per heavy atom. The Bertz CT molecular complexity index is 112. The molecule has 11 heavy (non-hydrogen) atoms. The van der Waals surface area contributed by atoms with E-state index in [9.17, 15) is 0 Å². The normalized spacial score (nSPS) is 22.9. The van der Waals surface area contributed by atoms with Gasteiger partial charge in [-0.2, -0.15) is 0 Å². The molecule has 1 heteroatoms. The van der Waals surface area contributed by atoms with Gasteiger partial charge in [0.15, 0.2) is 0 Å². The fraction of sp³-hybridized carbons (Fsp3) is 1.00. The topological polar surface area (TPSA) is 12.0 Å². The molecule has 0 saturated heterocycles. The fourth-order valence-corrected chi connectivity index (χ4v) is 2.39. The average Bonchev–Trinajstić information content (AvgIpc) is 2.38. The van der Waals surface area contributed by atoms with Crippen LogP contribution < -0.4 is 5.32 Å². The Kier molecular flexibility index (Phi) is 2.94. The van der Waals surface area contributed by atoms with Gasteiger partial charge in [-0.15, -0.1) is 0 Å². The molecule has 0 atom stereocenters. The van der Waals surface area contributed by atoms with Gasteiger partial charge in [-0.05, 0) is 31.2 Å². The quantitative estimate of drug-likeness (QED) is 0.660. The summed E-state index contributed by atoms with van der Waals surface area (Å²) < 4.78 is 0. The Hall–Kier alpha value is -0.0400. The van der Waals surface area contributed by atoms with Crippen LogP contribution in [0.15, 0.2) is 0 Å². The van der Waals surface area contributed by atoms with Gasteiger partial charge < -0.3 is 5.32 Å². The molecule has 1 aliphatic rings. The molecule has 66 valence electrons. The van der Waals surface area contributed by atoms with Crippen LogP contribution in [0.25, 0.3) is 0 Å². The number of hydrogen-bond acceptors (Lipinski definition) is 1. The van der Waals surface area contributed by atoms with E-state index in [0.29, 0.717) is 5.41 Å². The first-order chi connectivity index (χ1) is 5.21. The summed E-state index contributed by atoms with van der Waals surface area (Å²) in [7, 11) is 2.07. The molecule has 0 heterocycles. The molecule has 0 spiro atoms. The van der Waals surface area contributed by atoms with Crippen LogP contribution in [0.4, 0.5) is 0 Å². The molecule has 0 aromatic carbocycles. The van der Waals surface area contributed by atoms with E-state index in [-0.39, 0.29) is 0 Å². The third kappa shape index (κ3) is 1.76. The summed E-state index contributed by atoms with van der Waals surface area (Å²) in [5.74, 6) is 0.845. The smallest absolute Gasteiger partial charge is 0.000725 e. The van der Waals surface area contributed by atoms with Crippen LogP contribution in [0, 0.1) is 11.3 Å². The summed E-state index contributed by atoms with van der Waals surface area (Å²) in [6.07, 6.45) is 5.76. The minimum absolute atomic E-state index is 0.634. The Balaban J connectivity index is 2.55. The van der Waals surface area contributed by atoms with Crippen molar-refractivity contribution < 1.29 is 0 Å². The molecule has 1 rings (SSSR count). The van der Waals surface area contributed by atoms with Gasteiger partial charge in [-0.1, -0.05) is 26.7 Å². The van der Waals surface area contributed by atoms with Gasteiger partial charge >= 0.3 is 0 Å². The van der Waals surface area contributed by atoms with Crippen molar-refractivity contribution in [3.05, 3.63) is 0 Å². The first kappa shape index (κ1) is 9.05. The predicted octanol–water partition coefficient (Wildman–Crippen LogP) is 2.42. The molecule has 0 aliphatic heterocycles. The highest BCUT2D eigenvalue weighted by Crippen LogP contribution is 2.43. The maximum Gasteiger partial charge on any atom is 0.000725 e. The lowest BCUT2D eigenvalue weighted by Gasteiger charge is -2.33. The molecule has 0 aromatic heterocycles. The van der Waals surface area contributed by atoms with Gasteiger partial charge in [0.05, 0.1) is 0 Å². The minimum Gasteiger partial charge on any atom is -0.319 e. The van der Waals surface area contributed by atoms with E-state index in [1.54, 1.807) is 0 Å². The fourth-order valence-electron chi connectivity index (χ4n) is 2.39. The van der Waals surface area contributed by atoms with Gasteiger partial charge in [0, 0.05) is 6.54 Å². The summed E-state index contributed by atoms with van der Waals surface area (Å²) in [6, 6.07) is 0. The lowest BCUT2D eigenvalue weighted by Crippen LogP contribution is -2.34.